The molecule has 1 atom stereocenters. The van der Waals surface area contributed by atoms with Gasteiger partial charge in [-0.1, -0.05) is 42.0 Å². The average Bonchev–Trinajstić information content (AvgIpc) is 2.47. The van der Waals surface area contributed by atoms with Gasteiger partial charge in [-0.25, -0.2) is 0 Å². The Morgan fingerprint density at radius 3 is 2.10 bits per heavy atom. The number of anilines is 1. The molecule has 0 saturated heterocycles. The number of hydrazine groups is 1. The van der Waals surface area contributed by atoms with E-state index in [1.807, 2.05) is 14.1 Å². The second-order valence-corrected chi connectivity index (χ2v) is 5.39. The van der Waals surface area contributed by atoms with Crippen molar-refractivity contribution in [3.05, 3.63) is 65.2 Å². The van der Waals surface area contributed by atoms with Gasteiger partial charge >= 0.3 is 0 Å². The highest BCUT2D eigenvalue weighted by atomic mass is 15.2. The number of benzene rings is 2. The molecular weight excluding hydrogens is 246 g/mol. The Balaban J connectivity index is 2.13. The first kappa shape index (κ1) is 14.6. The average molecular weight is 269 g/mol. The summed E-state index contributed by atoms with van der Waals surface area (Å²) in [5.41, 5.74) is 7.88. The molecule has 20 heavy (non-hydrogen) atoms. The van der Waals surface area contributed by atoms with Crippen LogP contribution in [0.2, 0.25) is 0 Å². The molecule has 0 aliphatic rings. The van der Waals surface area contributed by atoms with E-state index in [0.29, 0.717) is 0 Å². The molecule has 0 aliphatic heterocycles. The minimum atomic E-state index is 0.133. The van der Waals surface area contributed by atoms with Gasteiger partial charge in [0.1, 0.15) is 0 Å². The van der Waals surface area contributed by atoms with E-state index in [4.69, 9.17) is 5.84 Å². The maximum atomic E-state index is 5.72. The largest absolute Gasteiger partial charge is 0.378 e. The van der Waals surface area contributed by atoms with E-state index in [-0.39, 0.29) is 6.04 Å². The van der Waals surface area contributed by atoms with Gasteiger partial charge < -0.3 is 4.90 Å². The molecule has 0 aliphatic carbocycles. The topological polar surface area (TPSA) is 41.3 Å². The Morgan fingerprint density at radius 2 is 1.60 bits per heavy atom. The zero-order chi connectivity index (χ0) is 14.5. The van der Waals surface area contributed by atoms with Crippen LogP contribution in [0.3, 0.4) is 0 Å². The third kappa shape index (κ3) is 3.59. The fourth-order valence-electron chi connectivity index (χ4n) is 2.24. The van der Waals surface area contributed by atoms with E-state index in [9.17, 15) is 0 Å². The van der Waals surface area contributed by atoms with Crippen molar-refractivity contribution >= 4 is 5.69 Å². The van der Waals surface area contributed by atoms with Gasteiger partial charge in [0.15, 0.2) is 0 Å². The molecule has 0 aromatic heterocycles. The van der Waals surface area contributed by atoms with E-state index >= 15 is 0 Å². The number of aryl methyl sites for hydroxylation is 1. The van der Waals surface area contributed by atoms with Crippen molar-refractivity contribution in [2.75, 3.05) is 19.0 Å². The summed E-state index contributed by atoms with van der Waals surface area (Å²) in [6.45, 7) is 2.10. The molecule has 2 aromatic carbocycles. The first-order chi connectivity index (χ1) is 9.60. The summed E-state index contributed by atoms with van der Waals surface area (Å²) in [6.07, 6.45) is 0.887. The van der Waals surface area contributed by atoms with Crippen LogP contribution in [0.5, 0.6) is 0 Å². The Kier molecular flexibility index (Phi) is 4.77. The first-order valence-corrected chi connectivity index (χ1v) is 6.89. The van der Waals surface area contributed by atoms with E-state index < -0.39 is 0 Å². The maximum absolute atomic E-state index is 5.72. The molecule has 2 rings (SSSR count). The smallest absolute Gasteiger partial charge is 0.0500 e. The summed E-state index contributed by atoms with van der Waals surface area (Å²) in [6, 6.07) is 17.2. The molecule has 3 nitrogen and oxygen atoms in total. The Labute approximate surface area is 121 Å². The van der Waals surface area contributed by atoms with E-state index in [2.05, 4.69) is 65.8 Å². The third-order valence-corrected chi connectivity index (χ3v) is 3.57. The molecule has 0 radical (unpaired) electrons. The van der Waals surface area contributed by atoms with Gasteiger partial charge in [-0.2, -0.15) is 0 Å². The minimum Gasteiger partial charge on any atom is -0.378 e. The summed E-state index contributed by atoms with van der Waals surface area (Å²) in [5.74, 6) is 5.72. The van der Waals surface area contributed by atoms with Crippen molar-refractivity contribution in [1.29, 1.82) is 0 Å². The maximum Gasteiger partial charge on any atom is 0.0500 e. The predicted octanol–water partition coefficient (Wildman–Crippen LogP) is 2.81. The van der Waals surface area contributed by atoms with Gasteiger partial charge in [-0.3, -0.25) is 11.3 Å². The lowest BCUT2D eigenvalue weighted by atomic mass is 9.98. The molecule has 0 saturated carbocycles. The van der Waals surface area contributed by atoms with Gasteiger partial charge in [-0.05, 0) is 36.6 Å². The number of nitrogens with zero attached hydrogens (tertiary/aromatic N) is 1. The highest BCUT2D eigenvalue weighted by molar-refractivity contribution is 5.46. The van der Waals surface area contributed by atoms with Crippen molar-refractivity contribution in [2.45, 2.75) is 19.4 Å². The van der Waals surface area contributed by atoms with E-state index in [1.54, 1.807) is 0 Å². The molecule has 0 fully saturated rings. The molecule has 3 N–H and O–H groups in total. The lowest BCUT2D eigenvalue weighted by Crippen LogP contribution is -2.29. The highest BCUT2D eigenvalue weighted by Crippen LogP contribution is 2.21. The van der Waals surface area contributed by atoms with Crippen LogP contribution in [0.1, 0.15) is 22.7 Å². The van der Waals surface area contributed by atoms with Crippen LogP contribution in [-0.2, 0) is 6.42 Å². The van der Waals surface area contributed by atoms with Crippen molar-refractivity contribution in [3.63, 3.8) is 0 Å². The van der Waals surface area contributed by atoms with Crippen LogP contribution in [0.15, 0.2) is 48.5 Å². The lowest BCUT2D eigenvalue weighted by Gasteiger charge is -2.18. The molecule has 0 spiro atoms. The van der Waals surface area contributed by atoms with Crippen LogP contribution >= 0.6 is 0 Å². The predicted molar refractivity (Wildman–Crippen MR) is 85.7 cm³/mol. The normalized spacial score (nSPS) is 12.2. The summed E-state index contributed by atoms with van der Waals surface area (Å²) in [7, 11) is 4.08. The fraction of sp³-hybridized carbons (Fsp3) is 0.294. The standard InChI is InChI=1S/C17H23N3/c1-13-4-6-14(7-5-13)12-17(19-18)15-8-10-16(11-9-15)20(2)3/h4-11,17,19H,12,18H2,1-3H3. The highest BCUT2D eigenvalue weighted by Gasteiger charge is 2.10. The molecule has 0 amide bonds. The monoisotopic (exact) mass is 269 g/mol. The zero-order valence-electron chi connectivity index (χ0n) is 12.4. The third-order valence-electron chi connectivity index (χ3n) is 3.57. The van der Waals surface area contributed by atoms with Gasteiger partial charge in [0.2, 0.25) is 0 Å². The minimum absolute atomic E-state index is 0.133. The molecule has 0 bridgehead atoms. The zero-order valence-corrected chi connectivity index (χ0v) is 12.4. The summed E-state index contributed by atoms with van der Waals surface area (Å²) in [5, 5.41) is 0. The Hall–Kier alpha value is -1.84. The van der Waals surface area contributed by atoms with Crippen LogP contribution in [0.25, 0.3) is 0 Å². The summed E-state index contributed by atoms with van der Waals surface area (Å²) >= 11 is 0. The SMILES string of the molecule is Cc1ccc(CC(NN)c2ccc(N(C)C)cc2)cc1. The number of hydrogen-bond donors (Lipinski definition) is 2. The van der Waals surface area contributed by atoms with Crippen molar-refractivity contribution < 1.29 is 0 Å². The first-order valence-electron chi connectivity index (χ1n) is 6.89. The van der Waals surface area contributed by atoms with Gasteiger partial charge in [-0.15, -0.1) is 0 Å². The number of hydrogen-bond acceptors (Lipinski definition) is 3. The molecule has 0 heterocycles. The summed E-state index contributed by atoms with van der Waals surface area (Å²) < 4.78 is 0. The van der Waals surface area contributed by atoms with E-state index in [1.165, 1.54) is 22.4 Å². The quantitative estimate of drug-likeness (QED) is 0.648. The summed E-state index contributed by atoms with van der Waals surface area (Å²) in [4.78, 5) is 2.09. The fourth-order valence-corrected chi connectivity index (χ4v) is 2.24. The molecule has 1 unspecified atom stereocenters. The second-order valence-electron chi connectivity index (χ2n) is 5.39. The lowest BCUT2D eigenvalue weighted by molar-refractivity contribution is 0.552. The number of nitrogens with two attached hydrogens (primary N) is 1. The molecular formula is C17H23N3. The molecule has 2 aromatic rings. The molecule has 3 heteroatoms. The van der Waals surface area contributed by atoms with Crippen molar-refractivity contribution in [3.8, 4) is 0 Å². The van der Waals surface area contributed by atoms with Crippen LogP contribution in [0, 0.1) is 6.92 Å². The van der Waals surface area contributed by atoms with Crippen LogP contribution < -0.4 is 16.2 Å². The van der Waals surface area contributed by atoms with Crippen molar-refractivity contribution in [2.24, 2.45) is 5.84 Å². The Morgan fingerprint density at radius 1 is 1.00 bits per heavy atom. The van der Waals surface area contributed by atoms with Crippen LogP contribution in [0.4, 0.5) is 5.69 Å². The number of rotatable bonds is 5. The molecule has 106 valence electrons. The van der Waals surface area contributed by atoms with Gasteiger partial charge in [0.05, 0.1) is 0 Å². The van der Waals surface area contributed by atoms with E-state index in [0.717, 1.165) is 6.42 Å². The number of nitrogens with one attached hydrogen (secondary N) is 1. The van der Waals surface area contributed by atoms with Gasteiger partial charge in [0.25, 0.3) is 0 Å². The van der Waals surface area contributed by atoms with Crippen molar-refractivity contribution in [1.82, 2.24) is 5.43 Å². The Bertz CT molecular complexity index is 529. The van der Waals surface area contributed by atoms with Crippen LogP contribution in [-0.4, -0.2) is 14.1 Å². The van der Waals surface area contributed by atoms with Gasteiger partial charge in [0, 0.05) is 25.8 Å². The second kappa shape index (κ2) is 6.55.